The molecule has 2 aliphatic heterocycles. The minimum atomic E-state index is -3.87. The van der Waals surface area contributed by atoms with E-state index in [1.807, 2.05) is 0 Å². The first kappa shape index (κ1) is 20.7. The van der Waals surface area contributed by atoms with Crippen molar-refractivity contribution in [2.75, 3.05) is 20.0 Å². The third kappa shape index (κ3) is 3.06. The summed E-state index contributed by atoms with van der Waals surface area (Å²) in [6.45, 7) is -0.306. The van der Waals surface area contributed by atoms with Crippen LogP contribution in [0, 0.1) is 17.7 Å². The van der Waals surface area contributed by atoms with Gasteiger partial charge >= 0.3 is 5.97 Å². The van der Waals surface area contributed by atoms with E-state index in [4.69, 9.17) is 4.74 Å². The Bertz CT molecular complexity index is 1180. The largest absolute Gasteiger partial charge is 0.468 e. The SMILES string of the molecule is COC(=O)[C@@H]1[C@@H](CO)[C@@H]2Cn3c(ccc(-c4cccc(F)c4)c3=O)[C@@H]2N1S(C)(=O)=O. The molecule has 4 rings (SSSR count). The number of aliphatic hydroxyl groups excluding tert-OH is 1. The average molecular weight is 436 g/mol. The van der Waals surface area contributed by atoms with E-state index in [1.165, 1.54) is 28.8 Å². The number of benzene rings is 1. The second kappa shape index (κ2) is 7.29. The zero-order chi connectivity index (χ0) is 21.8. The molecule has 1 aromatic carbocycles. The molecule has 1 N–H and O–H groups in total. The maximum Gasteiger partial charge on any atom is 0.324 e. The fourth-order valence-corrected chi connectivity index (χ4v) is 6.11. The summed E-state index contributed by atoms with van der Waals surface area (Å²) in [4.78, 5) is 25.5. The van der Waals surface area contributed by atoms with E-state index in [9.17, 15) is 27.5 Å². The Morgan fingerprint density at radius 2 is 2.03 bits per heavy atom. The van der Waals surface area contributed by atoms with Crippen molar-refractivity contribution in [3.63, 3.8) is 0 Å². The molecule has 10 heteroatoms. The molecule has 2 aromatic rings. The number of halogens is 1. The van der Waals surface area contributed by atoms with E-state index in [0.29, 0.717) is 11.3 Å². The number of hydrogen-bond donors (Lipinski definition) is 1. The molecular weight excluding hydrogens is 415 g/mol. The number of sulfonamides is 1. The highest BCUT2D eigenvalue weighted by atomic mass is 32.2. The summed E-state index contributed by atoms with van der Waals surface area (Å²) in [6.07, 6.45) is 0.988. The second-order valence-electron chi connectivity index (χ2n) is 7.61. The lowest BCUT2D eigenvalue weighted by Crippen LogP contribution is -2.46. The van der Waals surface area contributed by atoms with Gasteiger partial charge in [0.05, 0.1) is 19.4 Å². The van der Waals surface area contributed by atoms with Crippen LogP contribution in [0.4, 0.5) is 4.39 Å². The Hall–Kier alpha value is -2.56. The van der Waals surface area contributed by atoms with Crippen LogP contribution in [0.3, 0.4) is 0 Å². The fraction of sp³-hybridized carbons (Fsp3) is 0.400. The number of pyridine rings is 1. The molecule has 4 atom stereocenters. The maximum absolute atomic E-state index is 13.6. The van der Waals surface area contributed by atoms with E-state index >= 15 is 0 Å². The lowest BCUT2D eigenvalue weighted by molar-refractivity contribution is -0.146. The van der Waals surface area contributed by atoms with Crippen molar-refractivity contribution in [1.29, 1.82) is 0 Å². The van der Waals surface area contributed by atoms with E-state index in [2.05, 4.69) is 0 Å². The number of carbonyl (C=O) groups is 1. The molecule has 0 aliphatic carbocycles. The van der Waals surface area contributed by atoms with Gasteiger partial charge in [-0.1, -0.05) is 12.1 Å². The molecular formula is C20H21FN2O6S. The molecule has 2 aliphatic rings. The van der Waals surface area contributed by atoms with Crippen molar-refractivity contribution in [1.82, 2.24) is 8.87 Å². The van der Waals surface area contributed by atoms with Gasteiger partial charge in [-0.05, 0) is 29.8 Å². The second-order valence-corrected chi connectivity index (χ2v) is 9.50. The van der Waals surface area contributed by atoms with Crippen LogP contribution in [0.25, 0.3) is 11.1 Å². The number of aliphatic hydroxyl groups is 1. The van der Waals surface area contributed by atoms with Gasteiger partial charge in [-0.15, -0.1) is 0 Å². The number of fused-ring (bicyclic) bond motifs is 3. The van der Waals surface area contributed by atoms with Crippen LogP contribution in [-0.2, 0) is 26.1 Å². The third-order valence-electron chi connectivity index (χ3n) is 5.99. The summed E-state index contributed by atoms with van der Waals surface area (Å²) >= 11 is 0. The van der Waals surface area contributed by atoms with Crippen molar-refractivity contribution in [2.45, 2.75) is 18.6 Å². The lowest BCUT2D eigenvalue weighted by Gasteiger charge is -2.27. The number of esters is 1. The predicted octanol–water partition coefficient (Wildman–Crippen LogP) is 0.751. The zero-order valence-electron chi connectivity index (χ0n) is 16.4. The summed E-state index contributed by atoms with van der Waals surface area (Å²) in [6, 6.07) is 6.87. The Kier molecular flexibility index (Phi) is 5.03. The van der Waals surface area contributed by atoms with Crippen molar-refractivity contribution in [3.8, 4) is 11.1 Å². The third-order valence-corrected chi connectivity index (χ3v) is 7.21. The molecule has 0 amide bonds. The normalized spacial score (nSPS) is 25.7. The van der Waals surface area contributed by atoms with Crippen molar-refractivity contribution in [3.05, 3.63) is 58.3 Å². The highest BCUT2D eigenvalue weighted by molar-refractivity contribution is 7.88. The molecule has 0 bridgehead atoms. The number of carbonyl (C=O) groups excluding carboxylic acids is 1. The first-order valence-corrected chi connectivity index (χ1v) is 11.2. The number of methoxy groups -OCH3 is 1. The number of ether oxygens (including phenoxy) is 1. The van der Waals surface area contributed by atoms with Crippen LogP contribution in [0.5, 0.6) is 0 Å². The smallest absolute Gasteiger partial charge is 0.324 e. The van der Waals surface area contributed by atoms with Crippen LogP contribution in [-0.4, -0.2) is 54.4 Å². The van der Waals surface area contributed by atoms with Gasteiger partial charge in [-0.2, -0.15) is 4.31 Å². The minimum absolute atomic E-state index is 0.132. The van der Waals surface area contributed by atoms with Crippen molar-refractivity contribution in [2.24, 2.45) is 11.8 Å². The fourth-order valence-electron chi connectivity index (χ4n) is 4.78. The number of nitrogens with zero attached hydrogens (tertiary/aromatic N) is 2. The van der Waals surface area contributed by atoms with Crippen LogP contribution < -0.4 is 5.56 Å². The Labute approximate surface area is 172 Å². The van der Waals surface area contributed by atoms with Gasteiger partial charge in [-0.25, -0.2) is 12.8 Å². The molecule has 0 unspecified atom stereocenters. The lowest BCUT2D eigenvalue weighted by atomic mass is 9.88. The highest BCUT2D eigenvalue weighted by Crippen LogP contribution is 2.50. The summed E-state index contributed by atoms with van der Waals surface area (Å²) in [5, 5.41) is 9.96. The molecule has 8 nitrogen and oxygen atoms in total. The summed E-state index contributed by atoms with van der Waals surface area (Å²) in [5.41, 5.74) is 0.750. The average Bonchev–Trinajstić information content (AvgIpc) is 3.22. The Balaban J connectivity index is 1.87. The number of aromatic nitrogens is 1. The predicted molar refractivity (Wildman–Crippen MR) is 105 cm³/mol. The van der Waals surface area contributed by atoms with Crippen LogP contribution in [0.15, 0.2) is 41.2 Å². The summed E-state index contributed by atoms with van der Waals surface area (Å²) < 4.78 is 46.1. The van der Waals surface area contributed by atoms with Crippen LogP contribution in [0.1, 0.15) is 11.7 Å². The molecule has 1 fully saturated rings. The molecule has 0 spiro atoms. The van der Waals surface area contributed by atoms with E-state index in [-0.39, 0.29) is 17.7 Å². The summed E-state index contributed by atoms with van der Waals surface area (Å²) in [7, 11) is -2.71. The standard InChI is InChI=1S/C20H21FN2O6S/c1-29-20(26)18-15(10-24)14-9-22-16(17(14)23(18)30(2,27)28)7-6-13(19(22)25)11-4-3-5-12(21)8-11/h3-8,14-15,17-18,24H,9-10H2,1-2H3/t14-,15-,17+,18-/m0/s1. The van der Waals surface area contributed by atoms with Gasteiger partial charge in [0.2, 0.25) is 10.0 Å². The van der Waals surface area contributed by atoms with Crippen LogP contribution in [0.2, 0.25) is 0 Å². The van der Waals surface area contributed by atoms with Gasteiger partial charge in [0.15, 0.2) is 0 Å². The van der Waals surface area contributed by atoms with Gasteiger partial charge < -0.3 is 14.4 Å². The summed E-state index contributed by atoms with van der Waals surface area (Å²) in [5.74, 6) is -2.43. The van der Waals surface area contributed by atoms with Gasteiger partial charge in [0.25, 0.3) is 5.56 Å². The van der Waals surface area contributed by atoms with E-state index in [0.717, 1.165) is 17.7 Å². The van der Waals surface area contributed by atoms with Crippen molar-refractivity contribution < 1.29 is 27.4 Å². The number of rotatable bonds is 4. The maximum atomic E-state index is 13.6. The minimum Gasteiger partial charge on any atom is -0.468 e. The van der Waals surface area contributed by atoms with E-state index in [1.54, 1.807) is 12.1 Å². The Morgan fingerprint density at radius 3 is 2.63 bits per heavy atom. The monoisotopic (exact) mass is 436 g/mol. The van der Waals surface area contributed by atoms with Gasteiger partial charge in [0, 0.05) is 36.2 Å². The molecule has 30 heavy (non-hydrogen) atoms. The Morgan fingerprint density at radius 1 is 1.30 bits per heavy atom. The highest BCUT2D eigenvalue weighted by Gasteiger charge is 2.59. The van der Waals surface area contributed by atoms with Crippen LogP contribution >= 0.6 is 0 Å². The molecule has 160 valence electrons. The molecule has 1 aromatic heterocycles. The van der Waals surface area contributed by atoms with E-state index < -0.39 is 52.3 Å². The quantitative estimate of drug-likeness (QED) is 0.709. The topological polar surface area (TPSA) is 106 Å². The molecule has 3 heterocycles. The molecule has 0 saturated carbocycles. The first-order chi connectivity index (χ1) is 14.2. The first-order valence-electron chi connectivity index (χ1n) is 9.36. The zero-order valence-corrected chi connectivity index (χ0v) is 17.2. The van der Waals surface area contributed by atoms with Crippen molar-refractivity contribution >= 4 is 16.0 Å². The molecule has 0 radical (unpaired) electrons. The molecule has 1 saturated heterocycles. The van der Waals surface area contributed by atoms with Gasteiger partial charge in [-0.3, -0.25) is 9.59 Å². The number of hydrogen-bond acceptors (Lipinski definition) is 6. The van der Waals surface area contributed by atoms with Gasteiger partial charge in [0.1, 0.15) is 11.9 Å².